The van der Waals surface area contributed by atoms with Gasteiger partial charge in [-0.3, -0.25) is 9.59 Å². The van der Waals surface area contributed by atoms with E-state index in [1.807, 2.05) is 31.2 Å². The van der Waals surface area contributed by atoms with E-state index in [4.69, 9.17) is 0 Å². The van der Waals surface area contributed by atoms with Crippen molar-refractivity contribution in [2.45, 2.75) is 53.3 Å². The Balaban J connectivity index is 1.74. The number of anilines is 1. The lowest BCUT2D eigenvalue weighted by Crippen LogP contribution is -2.26. The van der Waals surface area contributed by atoms with Crippen LogP contribution < -0.4 is 10.9 Å². The molecule has 168 valence electrons. The third-order valence-electron chi connectivity index (χ3n) is 4.85. The number of amides is 1. The van der Waals surface area contributed by atoms with E-state index < -0.39 is 25.5 Å². The van der Waals surface area contributed by atoms with Gasteiger partial charge < -0.3 is 10.3 Å². The molecule has 0 fully saturated rings. The smallest absolute Gasteiger partial charge is 0.270 e. The van der Waals surface area contributed by atoms with Crippen LogP contribution in [0.5, 0.6) is 0 Å². The zero-order valence-electron chi connectivity index (χ0n) is 18.0. The summed E-state index contributed by atoms with van der Waals surface area (Å²) in [6.07, 6.45) is 1.53. The number of hydrogen-bond donors (Lipinski definition) is 2. The second-order valence-electron chi connectivity index (χ2n) is 7.48. The molecule has 0 saturated heterocycles. The highest BCUT2D eigenvalue weighted by atomic mass is 32.2. The van der Waals surface area contributed by atoms with Crippen LogP contribution in [-0.4, -0.2) is 29.5 Å². The largest absolute Gasteiger partial charge is 0.325 e. The Kier molecular flexibility index (Phi) is 7.52. The molecular formula is C23H25N3O4S2. The van der Waals surface area contributed by atoms with Crippen molar-refractivity contribution in [2.24, 2.45) is 0 Å². The van der Waals surface area contributed by atoms with Crippen LogP contribution in [0.2, 0.25) is 0 Å². The Morgan fingerprint density at radius 2 is 1.75 bits per heavy atom. The lowest BCUT2D eigenvalue weighted by molar-refractivity contribution is -0.115. The Morgan fingerprint density at radius 1 is 1.09 bits per heavy atom. The minimum Gasteiger partial charge on any atom is -0.325 e. The van der Waals surface area contributed by atoms with Gasteiger partial charge in [0.25, 0.3) is 5.56 Å². The van der Waals surface area contributed by atoms with Crippen molar-refractivity contribution in [3.05, 3.63) is 76.7 Å². The standard InChI is InChI=1S/C23H25N3O4S2/c1-4-19(21(27)25-17-12-10-16(11-13-17)15(2)3)31-23-24-14-20(22(28)26-23)32(29,30)18-8-6-5-7-9-18/h5-15,19H,4H2,1-3H3,(H,25,27)(H,24,26,28)/t19-/m0/s1. The summed E-state index contributed by atoms with van der Waals surface area (Å²) in [4.78, 5) is 31.4. The first-order valence-corrected chi connectivity index (χ1v) is 12.6. The number of aromatic amines is 1. The minimum atomic E-state index is -3.98. The SMILES string of the molecule is CC[C@H](Sc1ncc(S(=O)(=O)c2ccccc2)c(=O)[nH]1)C(=O)Nc1ccc(C(C)C)cc1. The van der Waals surface area contributed by atoms with Crippen LogP contribution in [0.25, 0.3) is 0 Å². The molecule has 1 amide bonds. The van der Waals surface area contributed by atoms with Crippen LogP contribution in [0.15, 0.2) is 80.5 Å². The maximum absolute atomic E-state index is 12.7. The third kappa shape index (κ3) is 5.46. The molecule has 0 bridgehead atoms. The van der Waals surface area contributed by atoms with Gasteiger partial charge in [-0.15, -0.1) is 0 Å². The van der Waals surface area contributed by atoms with Gasteiger partial charge in [-0.25, -0.2) is 13.4 Å². The molecule has 0 radical (unpaired) electrons. The maximum Gasteiger partial charge on any atom is 0.270 e. The number of aromatic nitrogens is 2. The topological polar surface area (TPSA) is 109 Å². The molecule has 0 aliphatic carbocycles. The first-order valence-electron chi connectivity index (χ1n) is 10.2. The van der Waals surface area contributed by atoms with Crippen LogP contribution in [-0.2, 0) is 14.6 Å². The van der Waals surface area contributed by atoms with Crippen molar-refractivity contribution in [2.75, 3.05) is 5.32 Å². The van der Waals surface area contributed by atoms with E-state index in [1.54, 1.807) is 18.2 Å². The first-order chi connectivity index (χ1) is 15.2. The molecule has 1 atom stereocenters. The molecule has 2 aromatic carbocycles. The lowest BCUT2D eigenvalue weighted by atomic mass is 10.0. The van der Waals surface area contributed by atoms with Gasteiger partial charge in [0.15, 0.2) is 10.1 Å². The molecule has 0 unspecified atom stereocenters. The first kappa shape index (κ1) is 23.7. The number of hydrogen-bond acceptors (Lipinski definition) is 6. The van der Waals surface area contributed by atoms with E-state index in [0.29, 0.717) is 18.0 Å². The van der Waals surface area contributed by atoms with E-state index >= 15 is 0 Å². The summed E-state index contributed by atoms with van der Waals surface area (Å²) in [7, 11) is -3.98. The van der Waals surface area contributed by atoms with Gasteiger partial charge in [0.1, 0.15) is 0 Å². The predicted molar refractivity (Wildman–Crippen MR) is 126 cm³/mol. The monoisotopic (exact) mass is 471 g/mol. The fourth-order valence-electron chi connectivity index (χ4n) is 2.98. The van der Waals surface area contributed by atoms with Gasteiger partial charge in [-0.1, -0.05) is 62.9 Å². The number of thioether (sulfide) groups is 1. The average Bonchev–Trinajstić information content (AvgIpc) is 2.78. The molecule has 3 rings (SSSR count). The van der Waals surface area contributed by atoms with E-state index in [0.717, 1.165) is 18.0 Å². The van der Waals surface area contributed by atoms with Crippen molar-refractivity contribution in [3.63, 3.8) is 0 Å². The summed E-state index contributed by atoms with van der Waals surface area (Å²) in [5.41, 5.74) is 1.09. The molecule has 3 aromatic rings. The summed E-state index contributed by atoms with van der Waals surface area (Å²) in [5.74, 6) is 0.175. The van der Waals surface area contributed by atoms with Gasteiger partial charge in [-0.05, 0) is 42.2 Å². The predicted octanol–water partition coefficient (Wildman–Crippen LogP) is 4.24. The van der Waals surface area contributed by atoms with Gasteiger partial charge in [0.2, 0.25) is 15.7 Å². The van der Waals surface area contributed by atoms with Crippen molar-refractivity contribution in [1.82, 2.24) is 9.97 Å². The summed E-state index contributed by atoms with van der Waals surface area (Å²) < 4.78 is 25.4. The van der Waals surface area contributed by atoms with Crippen LogP contribution >= 0.6 is 11.8 Å². The summed E-state index contributed by atoms with van der Waals surface area (Å²) in [6.45, 7) is 6.05. The Labute approximate surface area is 191 Å². The number of carbonyl (C=O) groups is 1. The zero-order chi connectivity index (χ0) is 23.3. The Morgan fingerprint density at radius 3 is 2.31 bits per heavy atom. The van der Waals surface area contributed by atoms with Crippen molar-refractivity contribution >= 4 is 33.2 Å². The quantitative estimate of drug-likeness (QED) is 0.376. The highest BCUT2D eigenvalue weighted by Gasteiger charge is 2.24. The fraction of sp³-hybridized carbons (Fsp3) is 0.261. The highest BCUT2D eigenvalue weighted by Crippen LogP contribution is 2.24. The van der Waals surface area contributed by atoms with Crippen molar-refractivity contribution in [1.29, 1.82) is 0 Å². The second kappa shape index (κ2) is 10.1. The average molecular weight is 472 g/mol. The van der Waals surface area contributed by atoms with Crippen LogP contribution in [0, 0.1) is 0 Å². The lowest BCUT2D eigenvalue weighted by Gasteiger charge is -2.15. The zero-order valence-corrected chi connectivity index (χ0v) is 19.7. The molecule has 7 nitrogen and oxygen atoms in total. The number of sulfone groups is 1. The fourth-order valence-corrected chi connectivity index (χ4v) is 5.10. The number of nitrogens with one attached hydrogen (secondary N) is 2. The Hall–Kier alpha value is -2.91. The molecule has 2 N–H and O–H groups in total. The third-order valence-corrected chi connectivity index (χ3v) is 7.87. The second-order valence-corrected chi connectivity index (χ2v) is 10.6. The van der Waals surface area contributed by atoms with E-state index in [-0.39, 0.29) is 16.0 Å². The van der Waals surface area contributed by atoms with Crippen molar-refractivity contribution in [3.8, 4) is 0 Å². The van der Waals surface area contributed by atoms with Gasteiger partial charge in [0.05, 0.1) is 16.3 Å². The van der Waals surface area contributed by atoms with Gasteiger partial charge in [0, 0.05) is 5.69 Å². The van der Waals surface area contributed by atoms with Crippen LogP contribution in [0.3, 0.4) is 0 Å². The molecule has 1 aromatic heterocycles. The number of rotatable bonds is 8. The van der Waals surface area contributed by atoms with E-state index in [2.05, 4.69) is 29.1 Å². The molecule has 0 saturated carbocycles. The number of benzene rings is 2. The Bertz CT molecular complexity index is 1240. The summed E-state index contributed by atoms with van der Waals surface area (Å²) in [6, 6.07) is 15.3. The highest BCUT2D eigenvalue weighted by molar-refractivity contribution is 8.00. The van der Waals surface area contributed by atoms with Gasteiger partial charge >= 0.3 is 0 Å². The number of H-pyrrole nitrogens is 1. The molecule has 0 spiro atoms. The van der Waals surface area contributed by atoms with E-state index in [1.165, 1.54) is 17.7 Å². The number of nitrogens with zero attached hydrogens (tertiary/aromatic N) is 1. The summed E-state index contributed by atoms with van der Waals surface area (Å²) >= 11 is 1.08. The van der Waals surface area contributed by atoms with Crippen LogP contribution in [0.4, 0.5) is 5.69 Å². The molecule has 32 heavy (non-hydrogen) atoms. The number of carbonyl (C=O) groups excluding carboxylic acids is 1. The molecule has 0 aliphatic heterocycles. The normalized spacial score (nSPS) is 12.5. The summed E-state index contributed by atoms with van der Waals surface area (Å²) in [5, 5.41) is 2.54. The van der Waals surface area contributed by atoms with Crippen LogP contribution in [0.1, 0.15) is 38.7 Å². The van der Waals surface area contributed by atoms with Crippen molar-refractivity contribution < 1.29 is 13.2 Å². The molecule has 1 heterocycles. The maximum atomic E-state index is 12.7. The molecule has 0 aliphatic rings. The van der Waals surface area contributed by atoms with E-state index in [9.17, 15) is 18.0 Å². The minimum absolute atomic E-state index is 0.0157. The molecule has 9 heteroatoms. The van der Waals surface area contributed by atoms with Gasteiger partial charge in [-0.2, -0.15) is 0 Å². The molecular weight excluding hydrogens is 446 g/mol.